The number of rotatable bonds is 2. The van der Waals surface area contributed by atoms with Crippen molar-refractivity contribution in [2.75, 3.05) is 13.1 Å². The minimum atomic E-state index is -4.04. The lowest BCUT2D eigenvalue weighted by molar-refractivity contribution is -0.137. The number of hydrogen-bond donors (Lipinski definition) is 2. The van der Waals surface area contributed by atoms with Crippen LogP contribution in [0.4, 0.5) is 13.2 Å². The smallest absolute Gasteiger partial charge is 0.326 e. The fraction of sp³-hybridized carbons (Fsp3) is 1.00. The molecule has 0 unspecified atom stereocenters. The summed E-state index contributed by atoms with van der Waals surface area (Å²) in [5, 5.41) is 2.97. The summed E-state index contributed by atoms with van der Waals surface area (Å²) >= 11 is 0. The average molecular weight is 182 g/mol. The van der Waals surface area contributed by atoms with Gasteiger partial charge in [0, 0.05) is 19.0 Å². The van der Waals surface area contributed by atoms with Crippen LogP contribution in [0.2, 0.25) is 0 Å². The fourth-order valence-corrected chi connectivity index (χ4v) is 1.42. The minimum absolute atomic E-state index is 0.00775. The van der Waals surface area contributed by atoms with E-state index in [1.54, 1.807) is 0 Å². The van der Waals surface area contributed by atoms with Gasteiger partial charge in [0.25, 0.3) is 0 Å². The predicted octanol–water partition coefficient (Wildman–Crippen LogP) is 0.876. The maximum absolute atomic E-state index is 11.8. The summed E-state index contributed by atoms with van der Waals surface area (Å²) in [5.41, 5.74) is 5.58. The quantitative estimate of drug-likeness (QED) is 0.665. The van der Waals surface area contributed by atoms with Crippen LogP contribution < -0.4 is 11.1 Å². The molecule has 0 saturated carbocycles. The molecule has 0 aromatic rings. The standard InChI is InChI=1S/C7H13F3N2/c8-7(9,10)2-1-5-3-12-4-6(5)11/h5-6,12H,1-4,11H2/t5-,6+/m0/s1. The lowest BCUT2D eigenvalue weighted by Crippen LogP contribution is -2.29. The van der Waals surface area contributed by atoms with Crippen LogP contribution in [-0.4, -0.2) is 25.3 Å². The van der Waals surface area contributed by atoms with E-state index in [1.165, 1.54) is 0 Å². The molecule has 5 heteroatoms. The van der Waals surface area contributed by atoms with E-state index in [4.69, 9.17) is 5.73 Å². The van der Waals surface area contributed by atoms with Crippen LogP contribution in [0.5, 0.6) is 0 Å². The fourth-order valence-electron chi connectivity index (χ4n) is 1.42. The first-order chi connectivity index (χ1) is 5.49. The molecule has 0 bridgehead atoms. The largest absolute Gasteiger partial charge is 0.389 e. The molecule has 0 amide bonds. The molecule has 1 aliphatic heterocycles. The third-order valence-electron chi connectivity index (χ3n) is 2.19. The van der Waals surface area contributed by atoms with Gasteiger partial charge in [-0.2, -0.15) is 13.2 Å². The van der Waals surface area contributed by atoms with Crippen LogP contribution in [0.3, 0.4) is 0 Å². The topological polar surface area (TPSA) is 38.0 Å². The van der Waals surface area contributed by atoms with Crippen LogP contribution in [0.15, 0.2) is 0 Å². The Balaban J connectivity index is 2.23. The lowest BCUT2D eigenvalue weighted by atomic mass is 9.99. The van der Waals surface area contributed by atoms with Crippen LogP contribution in [-0.2, 0) is 0 Å². The van der Waals surface area contributed by atoms with Gasteiger partial charge in [0.15, 0.2) is 0 Å². The molecule has 1 aliphatic rings. The molecule has 2 nitrogen and oxygen atoms in total. The summed E-state index contributed by atoms with van der Waals surface area (Å²) in [6.45, 7) is 1.26. The van der Waals surface area contributed by atoms with Crippen LogP contribution >= 0.6 is 0 Å². The van der Waals surface area contributed by atoms with E-state index in [9.17, 15) is 13.2 Å². The highest BCUT2D eigenvalue weighted by molar-refractivity contribution is 4.84. The van der Waals surface area contributed by atoms with Crippen molar-refractivity contribution in [1.29, 1.82) is 0 Å². The molecular weight excluding hydrogens is 169 g/mol. The van der Waals surface area contributed by atoms with E-state index in [1.807, 2.05) is 0 Å². The Morgan fingerprint density at radius 1 is 1.33 bits per heavy atom. The second-order valence-electron chi connectivity index (χ2n) is 3.24. The maximum atomic E-state index is 11.8. The third kappa shape index (κ3) is 2.98. The Hall–Kier alpha value is -0.290. The van der Waals surface area contributed by atoms with Crippen molar-refractivity contribution in [2.24, 2.45) is 11.7 Å². The van der Waals surface area contributed by atoms with E-state index in [2.05, 4.69) is 5.32 Å². The van der Waals surface area contributed by atoms with E-state index < -0.39 is 12.6 Å². The van der Waals surface area contributed by atoms with Gasteiger partial charge in [-0.3, -0.25) is 0 Å². The molecule has 0 aromatic carbocycles. The zero-order valence-electron chi connectivity index (χ0n) is 6.69. The van der Waals surface area contributed by atoms with Gasteiger partial charge >= 0.3 is 6.18 Å². The van der Waals surface area contributed by atoms with Gasteiger partial charge in [0.2, 0.25) is 0 Å². The number of alkyl halides is 3. The summed E-state index contributed by atoms with van der Waals surface area (Å²) in [5.74, 6) is -0.00775. The first-order valence-electron chi connectivity index (χ1n) is 4.02. The molecule has 0 aliphatic carbocycles. The highest BCUT2D eigenvalue weighted by Gasteiger charge is 2.31. The van der Waals surface area contributed by atoms with E-state index in [0.29, 0.717) is 13.1 Å². The summed E-state index contributed by atoms with van der Waals surface area (Å²) in [4.78, 5) is 0. The van der Waals surface area contributed by atoms with E-state index >= 15 is 0 Å². The minimum Gasteiger partial charge on any atom is -0.326 e. The Labute approximate surface area is 69.3 Å². The molecule has 1 heterocycles. The first-order valence-corrected chi connectivity index (χ1v) is 4.02. The van der Waals surface area contributed by atoms with Crippen LogP contribution in [0.25, 0.3) is 0 Å². The van der Waals surface area contributed by atoms with Gasteiger partial charge in [-0.05, 0) is 18.9 Å². The van der Waals surface area contributed by atoms with Crippen molar-refractivity contribution in [3.8, 4) is 0 Å². The average Bonchev–Trinajstić information content (AvgIpc) is 2.29. The van der Waals surface area contributed by atoms with Crippen molar-refractivity contribution < 1.29 is 13.2 Å². The Morgan fingerprint density at radius 2 is 2.00 bits per heavy atom. The van der Waals surface area contributed by atoms with E-state index in [0.717, 1.165) is 0 Å². The van der Waals surface area contributed by atoms with Gasteiger partial charge in [-0.15, -0.1) is 0 Å². The number of hydrogen-bond acceptors (Lipinski definition) is 2. The van der Waals surface area contributed by atoms with Gasteiger partial charge in [-0.25, -0.2) is 0 Å². The molecule has 1 fully saturated rings. The van der Waals surface area contributed by atoms with Gasteiger partial charge in [-0.1, -0.05) is 0 Å². The van der Waals surface area contributed by atoms with Crippen molar-refractivity contribution in [1.82, 2.24) is 5.32 Å². The van der Waals surface area contributed by atoms with Crippen molar-refractivity contribution in [3.05, 3.63) is 0 Å². The predicted molar refractivity (Wildman–Crippen MR) is 39.6 cm³/mol. The first kappa shape index (κ1) is 9.80. The van der Waals surface area contributed by atoms with Crippen molar-refractivity contribution >= 4 is 0 Å². The summed E-state index contributed by atoms with van der Waals surface area (Å²) in [6, 6.07) is -0.104. The van der Waals surface area contributed by atoms with Gasteiger partial charge < -0.3 is 11.1 Å². The Morgan fingerprint density at radius 3 is 2.42 bits per heavy atom. The second-order valence-corrected chi connectivity index (χ2v) is 3.24. The molecule has 0 aromatic heterocycles. The normalized spacial score (nSPS) is 31.0. The van der Waals surface area contributed by atoms with Crippen molar-refractivity contribution in [2.45, 2.75) is 25.1 Å². The molecule has 72 valence electrons. The molecule has 1 rings (SSSR count). The molecular formula is C7H13F3N2. The molecule has 0 spiro atoms. The van der Waals surface area contributed by atoms with Crippen molar-refractivity contribution in [3.63, 3.8) is 0 Å². The summed E-state index contributed by atoms with van der Waals surface area (Å²) in [7, 11) is 0. The zero-order valence-corrected chi connectivity index (χ0v) is 6.69. The Kier molecular flexibility index (Phi) is 2.95. The van der Waals surface area contributed by atoms with Gasteiger partial charge in [0.05, 0.1) is 0 Å². The number of nitrogens with one attached hydrogen (secondary N) is 1. The van der Waals surface area contributed by atoms with E-state index in [-0.39, 0.29) is 18.4 Å². The van der Waals surface area contributed by atoms with Gasteiger partial charge in [0.1, 0.15) is 0 Å². The monoisotopic (exact) mass is 182 g/mol. The van der Waals surface area contributed by atoms with Crippen LogP contribution in [0, 0.1) is 5.92 Å². The number of halogens is 3. The molecule has 0 radical (unpaired) electrons. The second kappa shape index (κ2) is 3.62. The number of nitrogens with two attached hydrogens (primary N) is 1. The Bertz CT molecular complexity index is 146. The van der Waals surface area contributed by atoms with Crippen LogP contribution in [0.1, 0.15) is 12.8 Å². The third-order valence-corrected chi connectivity index (χ3v) is 2.19. The zero-order chi connectivity index (χ0) is 9.19. The molecule has 12 heavy (non-hydrogen) atoms. The maximum Gasteiger partial charge on any atom is 0.389 e. The molecule has 3 N–H and O–H groups in total. The lowest BCUT2D eigenvalue weighted by Gasteiger charge is -2.14. The molecule has 2 atom stereocenters. The highest BCUT2D eigenvalue weighted by Crippen LogP contribution is 2.25. The highest BCUT2D eigenvalue weighted by atomic mass is 19.4. The summed E-state index contributed by atoms with van der Waals surface area (Å²) in [6.07, 6.45) is -4.60. The molecule has 1 saturated heterocycles. The summed E-state index contributed by atoms with van der Waals surface area (Å²) < 4.78 is 35.3. The SMILES string of the molecule is N[C@@H]1CNC[C@@H]1CCC(F)(F)F.